The molecule has 0 bridgehead atoms. The standard InChI is InChI=1S/C35H38N2O9/c1-23(35(2,3)4)45-31(38)22-42-32(39)30(37-33(40)43-20-24-11-7-5-8-12-24)17-26-19-36-29-16-15-27(18-28(26)29)46-34(41)44-21-25-13-9-6-10-14-25/h5-16,18-19,23,30,36H,17,20-22H2,1-4H3,(H,37,40)/t23?,30-/m0/s1. The Kier molecular flexibility index (Phi) is 11.4. The summed E-state index contributed by atoms with van der Waals surface area (Å²) in [4.78, 5) is 53.8. The van der Waals surface area contributed by atoms with E-state index in [0.29, 0.717) is 16.5 Å². The molecule has 46 heavy (non-hydrogen) atoms. The summed E-state index contributed by atoms with van der Waals surface area (Å²) in [5, 5.41) is 3.18. The van der Waals surface area contributed by atoms with Crippen molar-refractivity contribution >= 4 is 35.1 Å². The molecule has 0 radical (unpaired) electrons. The molecule has 242 valence electrons. The lowest BCUT2D eigenvalue weighted by atomic mass is 9.90. The summed E-state index contributed by atoms with van der Waals surface area (Å²) >= 11 is 0. The molecule has 0 aliphatic heterocycles. The van der Waals surface area contributed by atoms with Gasteiger partial charge in [0.1, 0.15) is 31.1 Å². The molecule has 1 unspecified atom stereocenters. The molecule has 4 aromatic rings. The second kappa shape index (κ2) is 15.6. The van der Waals surface area contributed by atoms with E-state index in [2.05, 4.69) is 10.3 Å². The Morgan fingerprint density at radius 2 is 1.46 bits per heavy atom. The van der Waals surface area contributed by atoms with Gasteiger partial charge in [-0.2, -0.15) is 0 Å². The zero-order valence-electron chi connectivity index (χ0n) is 26.2. The number of ether oxygens (including phenoxy) is 5. The number of fused-ring (bicyclic) bond motifs is 1. The maximum absolute atomic E-state index is 13.2. The normalized spacial score (nSPS) is 12.4. The number of H-pyrrole nitrogens is 1. The molecule has 11 heteroatoms. The Hall–Kier alpha value is -5.32. The van der Waals surface area contributed by atoms with E-state index in [1.807, 2.05) is 69.3 Å². The topological polar surface area (TPSA) is 142 Å². The third kappa shape index (κ3) is 10.1. The lowest BCUT2D eigenvalue weighted by Crippen LogP contribution is -2.44. The molecule has 0 saturated heterocycles. The van der Waals surface area contributed by atoms with Crippen LogP contribution in [0.5, 0.6) is 5.75 Å². The van der Waals surface area contributed by atoms with E-state index in [4.69, 9.17) is 23.7 Å². The van der Waals surface area contributed by atoms with Crippen LogP contribution in [-0.4, -0.2) is 47.9 Å². The zero-order valence-corrected chi connectivity index (χ0v) is 26.2. The highest BCUT2D eigenvalue weighted by Crippen LogP contribution is 2.26. The van der Waals surface area contributed by atoms with Crippen molar-refractivity contribution in [1.82, 2.24) is 10.3 Å². The zero-order chi connectivity index (χ0) is 33.1. The summed E-state index contributed by atoms with van der Waals surface area (Å²) in [5.41, 5.74) is 2.57. The minimum absolute atomic E-state index is 0.0143. The van der Waals surface area contributed by atoms with Crippen LogP contribution in [0, 0.1) is 5.41 Å². The fourth-order valence-corrected chi connectivity index (χ4v) is 4.19. The van der Waals surface area contributed by atoms with Crippen LogP contribution < -0.4 is 10.1 Å². The lowest BCUT2D eigenvalue weighted by molar-refractivity contribution is -0.166. The van der Waals surface area contributed by atoms with Gasteiger partial charge in [0.15, 0.2) is 6.61 Å². The molecular weight excluding hydrogens is 592 g/mol. The molecule has 11 nitrogen and oxygen atoms in total. The second-order valence-electron chi connectivity index (χ2n) is 11.7. The van der Waals surface area contributed by atoms with Crippen LogP contribution in [0.2, 0.25) is 0 Å². The summed E-state index contributed by atoms with van der Waals surface area (Å²) in [6.45, 7) is 6.92. The average Bonchev–Trinajstić information content (AvgIpc) is 3.43. The van der Waals surface area contributed by atoms with Crippen LogP contribution in [0.15, 0.2) is 85.1 Å². The monoisotopic (exact) mass is 630 g/mol. The SMILES string of the molecule is CC(OC(=O)COC(=O)[C@H](Cc1c[nH]c2ccc(OC(=O)OCc3ccccc3)cc12)NC(=O)OCc1ccccc1)C(C)(C)C. The summed E-state index contributed by atoms with van der Waals surface area (Å²) in [7, 11) is 0. The van der Waals surface area contributed by atoms with Crippen LogP contribution in [-0.2, 0) is 48.2 Å². The molecule has 0 spiro atoms. The van der Waals surface area contributed by atoms with Crippen molar-refractivity contribution in [1.29, 1.82) is 0 Å². The number of hydrogen-bond acceptors (Lipinski definition) is 9. The van der Waals surface area contributed by atoms with E-state index in [0.717, 1.165) is 11.1 Å². The van der Waals surface area contributed by atoms with Gasteiger partial charge in [-0.05, 0) is 47.2 Å². The number of carbonyl (C=O) groups is 4. The first-order valence-electron chi connectivity index (χ1n) is 14.8. The Balaban J connectivity index is 1.44. The predicted octanol–water partition coefficient (Wildman–Crippen LogP) is 6.24. The molecule has 2 atom stereocenters. The Bertz CT molecular complexity index is 1630. The molecule has 2 N–H and O–H groups in total. The highest BCUT2D eigenvalue weighted by atomic mass is 16.7. The summed E-state index contributed by atoms with van der Waals surface area (Å²) in [5.74, 6) is -1.35. The van der Waals surface area contributed by atoms with E-state index >= 15 is 0 Å². The van der Waals surface area contributed by atoms with Crippen LogP contribution in [0.4, 0.5) is 9.59 Å². The Labute approximate surface area is 267 Å². The molecule has 1 amide bonds. The summed E-state index contributed by atoms with van der Waals surface area (Å²) in [6, 6.07) is 22.0. The van der Waals surface area contributed by atoms with Crippen LogP contribution in [0.3, 0.4) is 0 Å². The van der Waals surface area contributed by atoms with E-state index in [1.54, 1.807) is 43.5 Å². The van der Waals surface area contributed by atoms with Crippen molar-refractivity contribution in [3.8, 4) is 5.75 Å². The fourth-order valence-electron chi connectivity index (χ4n) is 4.19. The average molecular weight is 631 g/mol. The number of nitrogens with one attached hydrogen (secondary N) is 2. The Morgan fingerprint density at radius 3 is 2.09 bits per heavy atom. The molecule has 4 rings (SSSR count). The quantitative estimate of drug-likeness (QED) is 0.106. The largest absolute Gasteiger partial charge is 0.514 e. The minimum Gasteiger partial charge on any atom is -0.460 e. The first kappa shape index (κ1) is 33.6. The van der Waals surface area contributed by atoms with Crippen LogP contribution >= 0.6 is 0 Å². The number of carbonyl (C=O) groups excluding carboxylic acids is 4. The van der Waals surface area contributed by atoms with E-state index in [9.17, 15) is 19.2 Å². The van der Waals surface area contributed by atoms with Crippen molar-refractivity contribution in [2.24, 2.45) is 5.41 Å². The number of rotatable bonds is 12. The van der Waals surface area contributed by atoms with E-state index in [1.165, 1.54) is 0 Å². The van der Waals surface area contributed by atoms with Gasteiger partial charge in [0.2, 0.25) is 0 Å². The molecule has 0 aliphatic rings. The summed E-state index contributed by atoms with van der Waals surface area (Å²) < 4.78 is 26.5. The highest BCUT2D eigenvalue weighted by molar-refractivity contribution is 5.88. The first-order valence-corrected chi connectivity index (χ1v) is 14.8. The maximum atomic E-state index is 13.2. The van der Waals surface area contributed by atoms with Crippen molar-refractivity contribution in [3.05, 3.63) is 102 Å². The first-order chi connectivity index (χ1) is 22.0. The van der Waals surface area contributed by atoms with Gasteiger partial charge in [0.25, 0.3) is 0 Å². The Morgan fingerprint density at radius 1 is 0.826 bits per heavy atom. The lowest BCUT2D eigenvalue weighted by Gasteiger charge is -2.26. The number of esters is 2. The third-order valence-electron chi connectivity index (χ3n) is 7.21. The van der Waals surface area contributed by atoms with Gasteiger partial charge in [0.05, 0.1) is 0 Å². The number of aromatic nitrogens is 1. The third-order valence-corrected chi connectivity index (χ3v) is 7.21. The van der Waals surface area contributed by atoms with Gasteiger partial charge in [-0.15, -0.1) is 0 Å². The van der Waals surface area contributed by atoms with Gasteiger partial charge < -0.3 is 34.0 Å². The van der Waals surface area contributed by atoms with E-state index in [-0.39, 0.29) is 30.8 Å². The van der Waals surface area contributed by atoms with Crippen LogP contribution in [0.25, 0.3) is 10.9 Å². The van der Waals surface area contributed by atoms with Crippen molar-refractivity contribution in [2.45, 2.75) is 59.5 Å². The van der Waals surface area contributed by atoms with Crippen molar-refractivity contribution < 1.29 is 42.9 Å². The van der Waals surface area contributed by atoms with Gasteiger partial charge in [-0.1, -0.05) is 81.4 Å². The number of benzene rings is 3. The molecule has 3 aromatic carbocycles. The number of hydrogen-bond donors (Lipinski definition) is 2. The smallest absolute Gasteiger partial charge is 0.460 e. The molecule has 0 aliphatic carbocycles. The predicted molar refractivity (Wildman–Crippen MR) is 169 cm³/mol. The van der Waals surface area contributed by atoms with Gasteiger partial charge in [-0.3, -0.25) is 0 Å². The minimum atomic E-state index is -1.23. The van der Waals surface area contributed by atoms with Crippen LogP contribution in [0.1, 0.15) is 44.4 Å². The number of alkyl carbamates (subject to hydrolysis) is 1. The molecular formula is C35H38N2O9. The van der Waals surface area contributed by atoms with Crippen molar-refractivity contribution in [3.63, 3.8) is 0 Å². The van der Waals surface area contributed by atoms with E-state index < -0.39 is 42.9 Å². The van der Waals surface area contributed by atoms with Gasteiger partial charge in [0, 0.05) is 23.5 Å². The van der Waals surface area contributed by atoms with Crippen molar-refractivity contribution in [2.75, 3.05) is 6.61 Å². The molecule has 1 aromatic heterocycles. The number of amides is 1. The second-order valence-corrected chi connectivity index (χ2v) is 11.7. The van der Waals surface area contributed by atoms with Gasteiger partial charge >= 0.3 is 24.2 Å². The van der Waals surface area contributed by atoms with Gasteiger partial charge in [-0.25, -0.2) is 19.2 Å². The highest BCUT2D eigenvalue weighted by Gasteiger charge is 2.28. The fraction of sp³-hybridized carbons (Fsp3) is 0.314. The number of aromatic amines is 1. The summed E-state index contributed by atoms with van der Waals surface area (Å²) in [6.07, 6.45) is -0.510. The molecule has 0 saturated carbocycles. The maximum Gasteiger partial charge on any atom is 0.514 e. The molecule has 0 fully saturated rings. The molecule has 1 heterocycles.